The molecular formula is C5H12N2O3S. The highest BCUT2D eigenvalue weighted by molar-refractivity contribution is 7.78. The molecule has 0 rings (SSSR count). The number of thiol groups is 1. The molecule has 0 saturated heterocycles. The molecule has 0 aliphatic heterocycles. The Balaban J connectivity index is 3.60. The molecule has 3 N–H and O–H groups in total. The molecule has 0 aliphatic rings. The Morgan fingerprint density at radius 1 is 1.55 bits per heavy atom. The number of amides is 1. The minimum absolute atomic E-state index is 0.144. The van der Waals surface area contributed by atoms with Crippen molar-refractivity contribution in [2.24, 2.45) is 0 Å². The second-order valence-electron chi connectivity index (χ2n) is 1.90. The average molecular weight is 180 g/mol. The molecule has 0 atom stereocenters. The molecule has 11 heavy (non-hydrogen) atoms. The van der Waals surface area contributed by atoms with Crippen LogP contribution in [0.25, 0.3) is 0 Å². The van der Waals surface area contributed by atoms with Crippen molar-refractivity contribution in [3.8, 4) is 0 Å². The van der Waals surface area contributed by atoms with Gasteiger partial charge in [0, 0.05) is 19.6 Å². The molecule has 0 bridgehead atoms. The average Bonchev–Trinajstić information content (AvgIpc) is 1.97. The molecule has 1 amide bonds. The Labute approximate surface area is 70.5 Å². The van der Waals surface area contributed by atoms with Crippen LogP contribution in [0.3, 0.4) is 0 Å². The van der Waals surface area contributed by atoms with E-state index in [0.717, 1.165) is 4.90 Å². The molecule has 5 nitrogen and oxygen atoms in total. The van der Waals surface area contributed by atoms with Crippen LogP contribution in [0.4, 0.5) is 4.79 Å². The number of hydrogen-bond donors (Lipinski definition) is 4. The van der Waals surface area contributed by atoms with Crippen LogP contribution in [-0.4, -0.2) is 47.4 Å². The first kappa shape index (κ1) is 10.5. The van der Waals surface area contributed by atoms with Gasteiger partial charge in [-0.3, -0.25) is 4.72 Å². The molecule has 0 saturated carbocycles. The summed E-state index contributed by atoms with van der Waals surface area (Å²) >= 11 is 3.70. The number of aliphatic hydroxyl groups excluding tert-OH is 1. The van der Waals surface area contributed by atoms with Gasteiger partial charge in [0.2, 0.25) is 0 Å². The number of nitrogens with one attached hydrogen (secondary N) is 1. The van der Waals surface area contributed by atoms with E-state index < -0.39 is 6.09 Å². The van der Waals surface area contributed by atoms with Crippen molar-refractivity contribution >= 4 is 18.9 Å². The largest absolute Gasteiger partial charge is 0.465 e. The molecule has 6 heteroatoms. The summed E-state index contributed by atoms with van der Waals surface area (Å²) in [6, 6.07) is 0. The van der Waals surface area contributed by atoms with Gasteiger partial charge in [0.15, 0.2) is 0 Å². The zero-order valence-electron chi connectivity index (χ0n) is 6.03. The maximum Gasteiger partial charge on any atom is 0.407 e. The molecule has 66 valence electrons. The highest BCUT2D eigenvalue weighted by atomic mass is 32.1. The fourth-order valence-corrected chi connectivity index (χ4v) is 0.709. The Hall–Kier alpha value is -0.460. The van der Waals surface area contributed by atoms with Crippen molar-refractivity contribution in [1.82, 2.24) is 9.62 Å². The van der Waals surface area contributed by atoms with E-state index in [9.17, 15) is 4.79 Å². The lowest BCUT2D eigenvalue weighted by Crippen LogP contribution is -2.36. The van der Waals surface area contributed by atoms with E-state index in [4.69, 9.17) is 10.2 Å². The number of carboxylic acid groups (broad SMARTS) is 1. The summed E-state index contributed by atoms with van der Waals surface area (Å²) in [6.07, 6.45) is -1.03. The van der Waals surface area contributed by atoms with E-state index in [2.05, 4.69) is 17.5 Å². The van der Waals surface area contributed by atoms with Gasteiger partial charge in [-0.1, -0.05) is 12.8 Å². The van der Waals surface area contributed by atoms with Crippen LogP contribution in [0.15, 0.2) is 0 Å². The van der Waals surface area contributed by atoms with Gasteiger partial charge >= 0.3 is 6.09 Å². The van der Waals surface area contributed by atoms with Gasteiger partial charge in [0.05, 0.1) is 6.61 Å². The molecule has 0 aromatic rings. The maximum absolute atomic E-state index is 10.4. The lowest BCUT2D eigenvalue weighted by atomic mass is 10.5. The van der Waals surface area contributed by atoms with Gasteiger partial charge in [0.25, 0.3) is 0 Å². The Bertz CT molecular complexity index is 122. The third-order valence-corrected chi connectivity index (χ3v) is 1.36. The number of nitrogens with zero attached hydrogens (tertiary/aromatic N) is 1. The van der Waals surface area contributed by atoms with Crippen molar-refractivity contribution < 1.29 is 15.0 Å². The summed E-state index contributed by atoms with van der Waals surface area (Å²) in [7, 11) is 0. The van der Waals surface area contributed by atoms with Gasteiger partial charge in [-0.15, -0.1) is 0 Å². The lowest BCUT2D eigenvalue weighted by Gasteiger charge is -2.16. The number of carbonyl (C=O) groups is 1. The minimum Gasteiger partial charge on any atom is -0.465 e. The Kier molecular flexibility index (Phi) is 6.00. The van der Waals surface area contributed by atoms with E-state index in [1.165, 1.54) is 0 Å². The van der Waals surface area contributed by atoms with Crippen LogP contribution >= 0.6 is 12.8 Å². The molecule has 0 radical (unpaired) electrons. The Morgan fingerprint density at radius 3 is 2.55 bits per heavy atom. The fourth-order valence-electron chi connectivity index (χ4n) is 0.609. The normalized spacial score (nSPS) is 9.64. The van der Waals surface area contributed by atoms with Crippen LogP contribution in [0.5, 0.6) is 0 Å². The molecule has 0 heterocycles. The summed E-state index contributed by atoms with van der Waals surface area (Å²) in [6.45, 7) is 0.790. The SMILES string of the molecule is O=C(O)N(CCO)CCNS. The van der Waals surface area contributed by atoms with E-state index >= 15 is 0 Å². The van der Waals surface area contributed by atoms with Gasteiger partial charge in [-0.25, -0.2) is 4.79 Å². The highest BCUT2D eigenvalue weighted by Gasteiger charge is 2.08. The van der Waals surface area contributed by atoms with E-state index in [1.54, 1.807) is 0 Å². The van der Waals surface area contributed by atoms with Crippen LogP contribution in [0.2, 0.25) is 0 Å². The first-order chi connectivity index (χ1) is 5.22. The van der Waals surface area contributed by atoms with E-state index in [1.807, 2.05) is 0 Å². The third-order valence-electron chi connectivity index (χ3n) is 1.13. The first-order valence-electron chi connectivity index (χ1n) is 3.18. The fraction of sp³-hybridized carbons (Fsp3) is 0.800. The Morgan fingerprint density at radius 2 is 2.18 bits per heavy atom. The van der Waals surface area contributed by atoms with Gasteiger partial charge in [-0.2, -0.15) is 0 Å². The topological polar surface area (TPSA) is 72.8 Å². The predicted molar refractivity (Wildman–Crippen MR) is 43.7 cm³/mol. The van der Waals surface area contributed by atoms with Crippen molar-refractivity contribution in [2.75, 3.05) is 26.2 Å². The standard InChI is InChI=1S/C5H12N2O3S/c8-4-3-7(5(9)10)2-1-6-11/h6,8,11H,1-4H2,(H,9,10). The van der Waals surface area contributed by atoms with Gasteiger partial charge in [0.1, 0.15) is 0 Å². The molecule has 0 fully saturated rings. The number of hydrogen-bond acceptors (Lipinski definition) is 4. The quantitative estimate of drug-likeness (QED) is 0.426. The number of aliphatic hydroxyl groups is 1. The maximum atomic E-state index is 10.4. The second kappa shape index (κ2) is 6.26. The lowest BCUT2D eigenvalue weighted by molar-refractivity contribution is 0.133. The summed E-state index contributed by atoms with van der Waals surface area (Å²) in [5, 5.41) is 16.9. The van der Waals surface area contributed by atoms with Gasteiger partial charge in [-0.05, 0) is 0 Å². The third kappa shape index (κ3) is 4.88. The monoisotopic (exact) mass is 180 g/mol. The summed E-state index contributed by atoms with van der Waals surface area (Å²) in [5.41, 5.74) is 0. The van der Waals surface area contributed by atoms with Crippen LogP contribution in [0, 0.1) is 0 Å². The van der Waals surface area contributed by atoms with Crippen LogP contribution < -0.4 is 4.72 Å². The van der Waals surface area contributed by atoms with E-state index in [-0.39, 0.29) is 13.2 Å². The predicted octanol–water partition coefficient (Wildman–Crippen LogP) is -0.607. The molecular weight excluding hydrogens is 168 g/mol. The molecule has 0 spiro atoms. The highest BCUT2D eigenvalue weighted by Crippen LogP contribution is 1.87. The molecule has 0 unspecified atom stereocenters. The van der Waals surface area contributed by atoms with Crippen molar-refractivity contribution in [3.63, 3.8) is 0 Å². The van der Waals surface area contributed by atoms with Crippen molar-refractivity contribution in [3.05, 3.63) is 0 Å². The number of rotatable bonds is 5. The smallest absolute Gasteiger partial charge is 0.407 e. The zero-order chi connectivity index (χ0) is 8.69. The van der Waals surface area contributed by atoms with Crippen molar-refractivity contribution in [1.29, 1.82) is 0 Å². The summed E-state index contributed by atoms with van der Waals surface area (Å²) < 4.78 is 2.52. The van der Waals surface area contributed by atoms with Gasteiger partial charge < -0.3 is 15.1 Å². The molecule has 0 aromatic heterocycles. The molecule has 0 aliphatic carbocycles. The minimum atomic E-state index is -1.03. The van der Waals surface area contributed by atoms with Crippen molar-refractivity contribution in [2.45, 2.75) is 0 Å². The van der Waals surface area contributed by atoms with E-state index in [0.29, 0.717) is 13.1 Å². The zero-order valence-corrected chi connectivity index (χ0v) is 6.92. The van der Waals surface area contributed by atoms with Crippen LogP contribution in [0.1, 0.15) is 0 Å². The molecule has 0 aromatic carbocycles. The van der Waals surface area contributed by atoms with Crippen LogP contribution in [-0.2, 0) is 0 Å². The second-order valence-corrected chi connectivity index (χ2v) is 2.22. The summed E-state index contributed by atoms with van der Waals surface area (Å²) in [5.74, 6) is 0. The first-order valence-corrected chi connectivity index (χ1v) is 3.62. The summed E-state index contributed by atoms with van der Waals surface area (Å²) in [4.78, 5) is 11.5.